The largest absolute Gasteiger partial charge is 0.323 e. The Bertz CT molecular complexity index is 462. The highest BCUT2D eigenvalue weighted by atomic mass is 16.2. The van der Waals surface area contributed by atoms with Crippen LogP contribution in [-0.2, 0) is 6.54 Å². The highest BCUT2D eigenvalue weighted by molar-refractivity contribution is 6.05. The van der Waals surface area contributed by atoms with E-state index >= 15 is 0 Å². The zero-order valence-corrected chi connectivity index (χ0v) is 11.0. The van der Waals surface area contributed by atoms with Crippen LogP contribution in [0.3, 0.4) is 0 Å². The number of amidine groups is 1. The molecule has 0 saturated carbocycles. The number of amides is 2. The Balaban J connectivity index is 2.24. The SMILES string of the molecule is CC(C)(C)C1C(=N)NC(=O)N1Cc1ccccc1. The van der Waals surface area contributed by atoms with Gasteiger partial charge in [-0.15, -0.1) is 0 Å². The fraction of sp³-hybridized carbons (Fsp3) is 0.429. The third-order valence-corrected chi connectivity index (χ3v) is 3.10. The van der Waals surface area contributed by atoms with Gasteiger partial charge in [0.2, 0.25) is 0 Å². The van der Waals surface area contributed by atoms with E-state index in [9.17, 15) is 4.79 Å². The first-order chi connectivity index (χ1) is 8.39. The van der Waals surface area contributed by atoms with Gasteiger partial charge in [0.1, 0.15) is 5.84 Å². The van der Waals surface area contributed by atoms with E-state index in [1.807, 2.05) is 51.1 Å². The maximum atomic E-state index is 11.9. The fourth-order valence-corrected chi connectivity index (χ4v) is 2.37. The van der Waals surface area contributed by atoms with Gasteiger partial charge in [-0.05, 0) is 11.0 Å². The van der Waals surface area contributed by atoms with E-state index in [0.29, 0.717) is 12.4 Å². The lowest BCUT2D eigenvalue weighted by Gasteiger charge is -2.33. The summed E-state index contributed by atoms with van der Waals surface area (Å²) >= 11 is 0. The van der Waals surface area contributed by atoms with Gasteiger partial charge in [-0.2, -0.15) is 0 Å². The van der Waals surface area contributed by atoms with E-state index < -0.39 is 0 Å². The molecule has 2 N–H and O–H groups in total. The van der Waals surface area contributed by atoms with Gasteiger partial charge >= 0.3 is 6.03 Å². The summed E-state index contributed by atoms with van der Waals surface area (Å²) in [6.07, 6.45) is 0. The standard InChI is InChI=1S/C14H19N3O/c1-14(2,3)11-12(15)16-13(18)17(11)9-10-7-5-4-6-8-10/h4-8,11H,9H2,1-3H3,(H2,15,16,18). The van der Waals surface area contributed by atoms with Crippen molar-refractivity contribution in [1.82, 2.24) is 10.2 Å². The average Bonchev–Trinajstić information content (AvgIpc) is 2.54. The lowest BCUT2D eigenvalue weighted by Crippen LogP contribution is -2.43. The lowest BCUT2D eigenvalue weighted by molar-refractivity contribution is 0.165. The maximum Gasteiger partial charge on any atom is 0.323 e. The number of benzene rings is 1. The van der Waals surface area contributed by atoms with E-state index in [4.69, 9.17) is 5.41 Å². The highest BCUT2D eigenvalue weighted by Gasteiger charge is 2.42. The molecule has 0 aromatic heterocycles. The van der Waals surface area contributed by atoms with Crippen LogP contribution in [0.4, 0.5) is 4.79 Å². The topological polar surface area (TPSA) is 56.2 Å². The minimum Gasteiger partial charge on any atom is -0.309 e. The predicted octanol–water partition coefficient (Wildman–Crippen LogP) is 2.60. The number of hydrogen-bond acceptors (Lipinski definition) is 2. The summed E-state index contributed by atoms with van der Waals surface area (Å²) in [4.78, 5) is 13.7. The summed E-state index contributed by atoms with van der Waals surface area (Å²) in [5.41, 5.74) is 0.932. The molecule has 4 heteroatoms. The Hall–Kier alpha value is -1.84. The number of carbonyl (C=O) groups excluding carboxylic acids is 1. The number of nitrogens with one attached hydrogen (secondary N) is 2. The van der Waals surface area contributed by atoms with E-state index in [0.717, 1.165) is 5.56 Å². The molecule has 4 nitrogen and oxygen atoms in total. The summed E-state index contributed by atoms with van der Waals surface area (Å²) in [6, 6.07) is 9.50. The molecular formula is C14H19N3O. The maximum absolute atomic E-state index is 11.9. The van der Waals surface area contributed by atoms with Crippen molar-refractivity contribution in [3.8, 4) is 0 Å². The van der Waals surface area contributed by atoms with Gasteiger partial charge in [-0.3, -0.25) is 10.7 Å². The van der Waals surface area contributed by atoms with Crippen LogP contribution in [0.2, 0.25) is 0 Å². The summed E-state index contributed by atoms with van der Waals surface area (Å²) in [5, 5.41) is 10.5. The van der Waals surface area contributed by atoms with Gasteiger partial charge in [-0.25, -0.2) is 4.79 Å². The summed E-state index contributed by atoms with van der Waals surface area (Å²) in [5.74, 6) is 0.295. The lowest BCUT2D eigenvalue weighted by atomic mass is 9.85. The average molecular weight is 245 g/mol. The first kappa shape index (κ1) is 12.6. The molecule has 1 unspecified atom stereocenters. The number of carbonyl (C=O) groups is 1. The van der Waals surface area contributed by atoms with Crippen LogP contribution in [0.25, 0.3) is 0 Å². The fourth-order valence-electron chi connectivity index (χ4n) is 2.37. The van der Waals surface area contributed by atoms with Crippen LogP contribution in [0.5, 0.6) is 0 Å². The van der Waals surface area contributed by atoms with Crippen LogP contribution in [0, 0.1) is 10.8 Å². The smallest absolute Gasteiger partial charge is 0.309 e. The summed E-state index contributed by atoms with van der Waals surface area (Å²) < 4.78 is 0. The molecule has 1 heterocycles. The van der Waals surface area contributed by atoms with Crippen molar-refractivity contribution in [1.29, 1.82) is 5.41 Å². The Labute approximate surface area is 108 Å². The van der Waals surface area contributed by atoms with Crippen molar-refractivity contribution in [3.63, 3.8) is 0 Å². The molecule has 0 aliphatic carbocycles. The van der Waals surface area contributed by atoms with Crippen LogP contribution >= 0.6 is 0 Å². The van der Waals surface area contributed by atoms with Crippen molar-refractivity contribution in [3.05, 3.63) is 35.9 Å². The normalized spacial score (nSPS) is 20.2. The molecule has 0 bridgehead atoms. The predicted molar refractivity (Wildman–Crippen MR) is 71.5 cm³/mol. The molecule has 1 fully saturated rings. The van der Waals surface area contributed by atoms with Crippen LogP contribution < -0.4 is 5.32 Å². The zero-order chi connectivity index (χ0) is 13.3. The van der Waals surface area contributed by atoms with Crippen molar-refractivity contribution >= 4 is 11.9 Å². The molecule has 1 atom stereocenters. The van der Waals surface area contributed by atoms with Crippen molar-refractivity contribution < 1.29 is 4.79 Å². The Kier molecular flexibility index (Phi) is 3.11. The highest BCUT2D eigenvalue weighted by Crippen LogP contribution is 2.29. The van der Waals surface area contributed by atoms with Crippen molar-refractivity contribution in [2.45, 2.75) is 33.4 Å². The number of hydrogen-bond donors (Lipinski definition) is 2. The Morgan fingerprint density at radius 1 is 1.28 bits per heavy atom. The molecule has 18 heavy (non-hydrogen) atoms. The van der Waals surface area contributed by atoms with Crippen LogP contribution in [0.1, 0.15) is 26.3 Å². The molecule has 1 aromatic rings. The zero-order valence-electron chi connectivity index (χ0n) is 11.0. The van der Waals surface area contributed by atoms with Gasteiger partial charge in [0, 0.05) is 6.54 Å². The van der Waals surface area contributed by atoms with E-state index in [1.54, 1.807) is 4.90 Å². The molecule has 2 amide bonds. The summed E-state index contributed by atoms with van der Waals surface area (Å²) in [6.45, 7) is 6.68. The monoisotopic (exact) mass is 245 g/mol. The van der Waals surface area contributed by atoms with Gasteiger partial charge in [0.25, 0.3) is 0 Å². The first-order valence-electron chi connectivity index (χ1n) is 6.09. The molecule has 96 valence electrons. The van der Waals surface area contributed by atoms with Crippen molar-refractivity contribution in [2.24, 2.45) is 5.41 Å². The molecule has 1 aliphatic rings. The summed E-state index contributed by atoms with van der Waals surface area (Å²) in [7, 11) is 0. The van der Waals surface area contributed by atoms with Gasteiger partial charge in [0.15, 0.2) is 0 Å². The minimum absolute atomic E-state index is 0.148. The molecule has 2 rings (SSSR count). The van der Waals surface area contributed by atoms with E-state index in [1.165, 1.54) is 0 Å². The number of rotatable bonds is 2. The molecule has 0 radical (unpaired) electrons. The molecule has 1 aromatic carbocycles. The van der Waals surface area contributed by atoms with Gasteiger partial charge in [-0.1, -0.05) is 51.1 Å². The van der Waals surface area contributed by atoms with E-state index in [-0.39, 0.29) is 17.5 Å². The first-order valence-corrected chi connectivity index (χ1v) is 6.09. The van der Waals surface area contributed by atoms with Crippen molar-refractivity contribution in [2.75, 3.05) is 0 Å². The van der Waals surface area contributed by atoms with Crippen LogP contribution in [0.15, 0.2) is 30.3 Å². The number of nitrogens with zero attached hydrogens (tertiary/aromatic N) is 1. The second kappa shape index (κ2) is 4.44. The molecule has 1 aliphatic heterocycles. The van der Waals surface area contributed by atoms with Crippen LogP contribution in [-0.4, -0.2) is 22.8 Å². The van der Waals surface area contributed by atoms with Gasteiger partial charge < -0.3 is 4.90 Å². The second-order valence-corrected chi connectivity index (χ2v) is 5.73. The minimum atomic E-state index is -0.190. The molecule has 0 spiro atoms. The second-order valence-electron chi connectivity index (χ2n) is 5.73. The Morgan fingerprint density at radius 2 is 1.89 bits per heavy atom. The third kappa shape index (κ3) is 2.37. The van der Waals surface area contributed by atoms with E-state index in [2.05, 4.69) is 5.32 Å². The quantitative estimate of drug-likeness (QED) is 0.826. The molecular weight excluding hydrogens is 226 g/mol. The number of urea groups is 1. The Morgan fingerprint density at radius 3 is 2.44 bits per heavy atom. The third-order valence-electron chi connectivity index (χ3n) is 3.10. The molecule has 1 saturated heterocycles. The van der Waals surface area contributed by atoms with Gasteiger partial charge in [0.05, 0.1) is 6.04 Å².